The number of hydrogen-bond donors (Lipinski definition) is 1. The Balaban J connectivity index is 2.02. The van der Waals surface area contributed by atoms with Crippen LogP contribution in [0.3, 0.4) is 0 Å². The number of alkyl halides is 3. The summed E-state index contributed by atoms with van der Waals surface area (Å²) < 4.78 is 45.5. The van der Waals surface area contributed by atoms with Crippen molar-refractivity contribution in [3.8, 4) is 22.6 Å². The predicted octanol–water partition coefficient (Wildman–Crippen LogP) is 4.01. The zero-order chi connectivity index (χ0) is 16.0. The number of rotatable bonds is 6. The molecule has 0 spiro atoms. The van der Waals surface area contributed by atoms with Gasteiger partial charge in [0.25, 0.3) is 0 Å². The summed E-state index contributed by atoms with van der Waals surface area (Å²) in [7, 11) is 0. The average molecular weight is 312 g/mol. The number of benzene rings is 2. The molecule has 0 aliphatic heterocycles. The molecule has 6 heteroatoms. The van der Waals surface area contributed by atoms with Gasteiger partial charge in [0.1, 0.15) is 11.5 Å². The van der Waals surface area contributed by atoms with E-state index in [1.807, 2.05) is 12.1 Å². The molecule has 0 amide bonds. The monoisotopic (exact) mass is 312 g/mol. The van der Waals surface area contributed by atoms with E-state index in [2.05, 4.69) is 4.74 Å². The molecule has 0 aliphatic carbocycles. The van der Waals surface area contributed by atoms with Crippen molar-refractivity contribution in [3.05, 3.63) is 48.5 Å². The highest BCUT2D eigenvalue weighted by molar-refractivity contribution is 5.64. The van der Waals surface area contributed by atoms with E-state index in [4.69, 9.17) is 9.84 Å². The molecule has 2 aromatic carbocycles. The molecule has 0 fully saturated rings. The molecule has 2 rings (SSSR count). The van der Waals surface area contributed by atoms with E-state index >= 15 is 0 Å². The molecule has 0 saturated heterocycles. The Morgan fingerprint density at radius 2 is 1.32 bits per heavy atom. The number of hydrogen-bond acceptors (Lipinski definition) is 3. The first-order valence-electron chi connectivity index (χ1n) is 6.68. The van der Waals surface area contributed by atoms with Gasteiger partial charge in [-0.2, -0.15) is 0 Å². The second-order valence-corrected chi connectivity index (χ2v) is 4.52. The van der Waals surface area contributed by atoms with E-state index in [9.17, 15) is 13.2 Å². The summed E-state index contributed by atoms with van der Waals surface area (Å²) in [6, 6.07) is 12.8. The Morgan fingerprint density at radius 1 is 0.818 bits per heavy atom. The maximum absolute atomic E-state index is 12.1. The molecule has 0 unspecified atom stereocenters. The standard InChI is InChI=1S/C16H15F3O3/c17-16(18,19)22-15-8-4-13(5-9-15)12-2-6-14(7-3-12)21-11-1-10-20/h2-9,20H,1,10-11H2. The normalized spacial score (nSPS) is 11.3. The van der Waals surface area contributed by atoms with E-state index in [-0.39, 0.29) is 12.4 Å². The second-order valence-electron chi connectivity index (χ2n) is 4.52. The van der Waals surface area contributed by atoms with Crippen molar-refractivity contribution >= 4 is 0 Å². The van der Waals surface area contributed by atoms with E-state index < -0.39 is 6.36 Å². The minimum absolute atomic E-state index is 0.0738. The fraction of sp³-hybridized carbons (Fsp3) is 0.250. The number of aliphatic hydroxyl groups is 1. The molecule has 0 aliphatic rings. The Kier molecular flexibility index (Phi) is 5.27. The first-order chi connectivity index (χ1) is 10.5. The number of aliphatic hydroxyl groups excluding tert-OH is 1. The molecular formula is C16H15F3O3. The lowest BCUT2D eigenvalue weighted by atomic mass is 10.1. The fourth-order valence-electron chi connectivity index (χ4n) is 1.85. The summed E-state index contributed by atoms with van der Waals surface area (Å²) >= 11 is 0. The van der Waals surface area contributed by atoms with Crippen LogP contribution in [0.1, 0.15) is 6.42 Å². The molecule has 0 heterocycles. The van der Waals surface area contributed by atoms with Gasteiger partial charge in [0.15, 0.2) is 0 Å². The quantitative estimate of drug-likeness (QED) is 0.819. The number of halogens is 3. The van der Waals surface area contributed by atoms with Crippen LogP contribution in [0, 0.1) is 0 Å². The van der Waals surface area contributed by atoms with Crippen LogP contribution in [-0.2, 0) is 0 Å². The predicted molar refractivity (Wildman–Crippen MR) is 75.8 cm³/mol. The summed E-state index contributed by atoms with van der Waals surface area (Å²) in [5.74, 6) is 0.425. The minimum atomic E-state index is -4.69. The first-order valence-corrected chi connectivity index (χ1v) is 6.68. The molecule has 3 nitrogen and oxygen atoms in total. The largest absolute Gasteiger partial charge is 0.573 e. The zero-order valence-electron chi connectivity index (χ0n) is 11.6. The summed E-state index contributed by atoms with van der Waals surface area (Å²) in [6.07, 6.45) is -4.13. The summed E-state index contributed by atoms with van der Waals surface area (Å²) in [4.78, 5) is 0. The Hall–Kier alpha value is -2.21. The maximum atomic E-state index is 12.1. The molecule has 0 saturated carbocycles. The third-order valence-corrected chi connectivity index (χ3v) is 2.85. The van der Waals surface area contributed by atoms with Crippen LogP contribution in [0.5, 0.6) is 11.5 Å². The van der Waals surface area contributed by atoms with Crippen LogP contribution in [-0.4, -0.2) is 24.7 Å². The van der Waals surface area contributed by atoms with Crippen molar-refractivity contribution in [3.63, 3.8) is 0 Å². The minimum Gasteiger partial charge on any atom is -0.494 e. The summed E-state index contributed by atoms with van der Waals surface area (Å²) in [6.45, 7) is 0.504. The zero-order valence-corrected chi connectivity index (χ0v) is 11.6. The lowest BCUT2D eigenvalue weighted by Crippen LogP contribution is -2.16. The van der Waals surface area contributed by atoms with Crippen LogP contribution >= 0.6 is 0 Å². The highest BCUT2D eigenvalue weighted by Gasteiger charge is 2.30. The smallest absolute Gasteiger partial charge is 0.494 e. The Morgan fingerprint density at radius 3 is 1.77 bits per heavy atom. The molecular weight excluding hydrogens is 297 g/mol. The molecule has 0 radical (unpaired) electrons. The van der Waals surface area contributed by atoms with Gasteiger partial charge in [0.05, 0.1) is 6.61 Å². The van der Waals surface area contributed by atoms with Gasteiger partial charge in [0, 0.05) is 13.0 Å². The summed E-state index contributed by atoms with van der Waals surface area (Å²) in [5, 5.41) is 8.67. The van der Waals surface area contributed by atoms with Crippen LogP contribution in [0.4, 0.5) is 13.2 Å². The van der Waals surface area contributed by atoms with Gasteiger partial charge in [0.2, 0.25) is 0 Å². The molecule has 0 aromatic heterocycles. The topological polar surface area (TPSA) is 38.7 Å². The van der Waals surface area contributed by atoms with Crippen LogP contribution < -0.4 is 9.47 Å². The average Bonchev–Trinajstić information content (AvgIpc) is 2.48. The molecule has 2 aromatic rings. The third-order valence-electron chi connectivity index (χ3n) is 2.85. The maximum Gasteiger partial charge on any atom is 0.573 e. The van der Waals surface area contributed by atoms with Crippen molar-refractivity contribution in [1.82, 2.24) is 0 Å². The van der Waals surface area contributed by atoms with Crippen molar-refractivity contribution in [2.45, 2.75) is 12.8 Å². The second kappa shape index (κ2) is 7.17. The SMILES string of the molecule is OCCCOc1ccc(-c2ccc(OC(F)(F)F)cc2)cc1. The van der Waals surface area contributed by atoms with Crippen LogP contribution in [0.25, 0.3) is 11.1 Å². The molecule has 118 valence electrons. The van der Waals surface area contributed by atoms with Gasteiger partial charge in [-0.05, 0) is 35.4 Å². The van der Waals surface area contributed by atoms with Gasteiger partial charge >= 0.3 is 6.36 Å². The van der Waals surface area contributed by atoms with E-state index in [1.165, 1.54) is 12.1 Å². The lowest BCUT2D eigenvalue weighted by molar-refractivity contribution is -0.274. The fourth-order valence-corrected chi connectivity index (χ4v) is 1.85. The Bertz CT molecular complexity index is 577. The molecule has 0 bridgehead atoms. The van der Waals surface area contributed by atoms with Gasteiger partial charge in [-0.1, -0.05) is 24.3 Å². The van der Waals surface area contributed by atoms with Crippen LogP contribution in [0.15, 0.2) is 48.5 Å². The van der Waals surface area contributed by atoms with Crippen molar-refractivity contribution in [2.24, 2.45) is 0 Å². The van der Waals surface area contributed by atoms with Gasteiger partial charge in [-0.15, -0.1) is 13.2 Å². The molecule has 22 heavy (non-hydrogen) atoms. The van der Waals surface area contributed by atoms with Gasteiger partial charge in [-0.3, -0.25) is 0 Å². The Labute approximate surface area is 125 Å². The highest BCUT2D eigenvalue weighted by Crippen LogP contribution is 2.27. The molecule has 0 atom stereocenters. The lowest BCUT2D eigenvalue weighted by Gasteiger charge is -2.10. The van der Waals surface area contributed by atoms with Crippen molar-refractivity contribution in [1.29, 1.82) is 0 Å². The van der Waals surface area contributed by atoms with E-state index in [0.717, 1.165) is 11.1 Å². The van der Waals surface area contributed by atoms with E-state index in [1.54, 1.807) is 24.3 Å². The van der Waals surface area contributed by atoms with Crippen molar-refractivity contribution in [2.75, 3.05) is 13.2 Å². The van der Waals surface area contributed by atoms with Crippen molar-refractivity contribution < 1.29 is 27.8 Å². The van der Waals surface area contributed by atoms with Gasteiger partial charge < -0.3 is 14.6 Å². The third kappa shape index (κ3) is 4.96. The van der Waals surface area contributed by atoms with Crippen LogP contribution in [0.2, 0.25) is 0 Å². The highest BCUT2D eigenvalue weighted by atomic mass is 19.4. The summed E-state index contributed by atoms with van der Waals surface area (Å²) in [5.41, 5.74) is 1.63. The van der Waals surface area contributed by atoms with Gasteiger partial charge in [-0.25, -0.2) is 0 Å². The number of ether oxygens (including phenoxy) is 2. The molecule has 1 N–H and O–H groups in total. The van der Waals surface area contributed by atoms with E-state index in [0.29, 0.717) is 18.8 Å². The first kappa shape index (κ1) is 16.2.